The Morgan fingerprint density at radius 2 is 2.05 bits per heavy atom. The van der Waals surface area contributed by atoms with E-state index in [1.165, 1.54) is 19.2 Å². The minimum atomic E-state index is -3.79. The van der Waals surface area contributed by atoms with Crippen molar-refractivity contribution < 1.29 is 12.8 Å². The number of thiocarbonyl (C=S) groups is 1. The zero-order valence-corrected chi connectivity index (χ0v) is 12.5. The van der Waals surface area contributed by atoms with Crippen molar-refractivity contribution >= 4 is 33.1 Å². The molecule has 0 fully saturated rings. The van der Waals surface area contributed by atoms with Gasteiger partial charge in [0.05, 0.1) is 5.69 Å². The maximum Gasteiger partial charge on any atom is 0.301 e. The molecule has 0 radical (unpaired) electrons. The van der Waals surface area contributed by atoms with Crippen LogP contribution in [-0.2, 0) is 10.2 Å². The van der Waals surface area contributed by atoms with Crippen LogP contribution in [0, 0.1) is 5.82 Å². The highest BCUT2D eigenvalue weighted by atomic mass is 32.2. The molecule has 0 aliphatic carbocycles. The number of halogens is 1. The van der Waals surface area contributed by atoms with Gasteiger partial charge >= 0.3 is 10.2 Å². The second kappa shape index (κ2) is 5.81. The van der Waals surface area contributed by atoms with Crippen molar-refractivity contribution in [3.63, 3.8) is 0 Å². The fourth-order valence-electron chi connectivity index (χ4n) is 1.24. The lowest BCUT2D eigenvalue weighted by molar-refractivity contribution is 0.414. The molecule has 19 heavy (non-hydrogen) atoms. The van der Waals surface area contributed by atoms with Gasteiger partial charge in [-0.2, -0.15) is 12.7 Å². The van der Waals surface area contributed by atoms with Gasteiger partial charge in [0, 0.05) is 18.7 Å². The van der Waals surface area contributed by atoms with E-state index < -0.39 is 16.0 Å². The normalized spacial score (nSPS) is 11.9. The molecule has 8 heteroatoms. The Morgan fingerprint density at radius 3 is 2.47 bits per heavy atom. The van der Waals surface area contributed by atoms with Crippen molar-refractivity contribution in [2.75, 3.05) is 11.8 Å². The fraction of sp³-hybridized carbons (Fsp3) is 0.364. The van der Waals surface area contributed by atoms with E-state index in [4.69, 9.17) is 18.0 Å². The standard InChI is InChI=1S/C11H16FN3O2S2/c1-7(2)15(3)19(16,17)14-10-5-4-8(11(13)18)6-9(10)12/h4-7,14H,1-3H3,(H2,13,18). The molecule has 0 amide bonds. The summed E-state index contributed by atoms with van der Waals surface area (Å²) in [5.74, 6) is -0.731. The highest BCUT2D eigenvalue weighted by Gasteiger charge is 2.21. The molecule has 0 aliphatic heterocycles. The second-order valence-corrected chi connectivity index (χ2v) is 6.45. The number of rotatable bonds is 5. The molecule has 106 valence electrons. The summed E-state index contributed by atoms with van der Waals surface area (Å²) in [6, 6.07) is 3.60. The maximum atomic E-state index is 13.7. The summed E-state index contributed by atoms with van der Waals surface area (Å²) >= 11 is 4.71. The smallest absolute Gasteiger partial charge is 0.301 e. The van der Waals surface area contributed by atoms with E-state index in [-0.39, 0.29) is 16.7 Å². The largest absolute Gasteiger partial charge is 0.389 e. The Kier molecular flexibility index (Phi) is 4.83. The predicted molar refractivity (Wildman–Crippen MR) is 77.7 cm³/mol. The van der Waals surface area contributed by atoms with Crippen LogP contribution in [0.4, 0.5) is 10.1 Å². The lowest BCUT2D eigenvalue weighted by Crippen LogP contribution is -2.37. The highest BCUT2D eigenvalue weighted by Crippen LogP contribution is 2.18. The van der Waals surface area contributed by atoms with Gasteiger partial charge in [-0.05, 0) is 32.0 Å². The van der Waals surface area contributed by atoms with Crippen molar-refractivity contribution in [1.29, 1.82) is 0 Å². The monoisotopic (exact) mass is 305 g/mol. The summed E-state index contributed by atoms with van der Waals surface area (Å²) in [6.07, 6.45) is 0. The van der Waals surface area contributed by atoms with Crippen molar-refractivity contribution in [3.05, 3.63) is 29.6 Å². The van der Waals surface area contributed by atoms with E-state index in [9.17, 15) is 12.8 Å². The van der Waals surface area contributed by atoms with Gasteiger partial charge in [-0.1, -0.05) is 12.2 Å². The van der Waals surface area contributed by atoms with Gasteiger partial charge in [-0.15, -0.1) is 0 Å². The molecule has 1 aromatic rings. The minimum Gasteiger partial charge on any atom is -0.389 e. The van der Waals surface area contributed by atoms with Crippen LogP contribution < -0.4 is 10.5 Å². The first kappa shape index (κ1) is 15.8. The number of nitrogens with zero attached hydrogens (tertiary/aromatic N) is 1. The molecule has 0 bridgehead atoms. The van der Waals surface area contributed by atoms with E-state index >= 15 is 0 Å². The molecule has 0 spiro atoms. The van der Waals surface area contributed by atoms with Gasteiger partial charge in [0.2, 0.25) is 0 Å². The third kappa shape index (κ3) is 3.85. The molecule has 0 aromatic heterocycles. The van der Waals surface area contributed by atoms with E-state index in [1.807, 2.05) is 0 Å². The molecule has 0 saturated carbocycles. The van der Waals surface area contributed by atoms with Crippen LogP contribution in [0.15, 0.2) is 18.2 Å². The quantitative estimate of drug-likeness (QED) is 0.808. The first-order valence-electron chi connectivity index (χ1n) is 5.50. The van der Waals surface area contributed by atoms with Crippen molar-refractivity contribution in [3.8, 4) is 0 Å². The van der Waals surface area contributed by atoms with Crippen LogP contribution in [0.2, 0.25) is 0 Å². The summed E-state index contributed by atoms with van der Waals surface area (Å²) in [4.78, 5) is 0.0487. The summed E-state index contributed by atoms with van der Waals surface area (Å²) in [5.41, 5.74) is 5.56. The van der Waals surface area contributed by atoms with Crippen LogP contribution in [0.1, 0.15) is 19.4 Å². The number of benzene rings is 1. The van der Waals surface area contributed by atoms with Crippen molar-refractivity contribution in [2.24, 2.45) is 5.73 Å². The predicted octanol–water partition coefficient (Wildman–Crippen LogP) is 1.46. The van der Waals surface area contributed by atoms with E-state index in [0.29, 0.717) is 5.56 Å². The first-order chi connectivity index (χ1) is 8.65. The third-order valence-corrected chi connectivity index (χ3v) is 4.49. The molecule has 0 atom stereocenters. The Balaban J connectivity index is 3.04. The van der Waals surface area contributed by atoms with Crippen molar-refractivity contribution in [1.82, 2.24) is 4.31 Å². The molecular weight excluding hydrogens is 289 g/mol. The summed E-state index contributed by atoms with van der Waals surface area (Å²) < 4.78 is 40.8. The van der Waals surface area contributed by atoms with Crippen molar-refractivity contribution in [2.45, 2.75) is 19.9 Å². The average Bonchev–Trinajstić information content (AvgIpc) is 2.30. The molecule has 1 rings (SSSR count). The van der Waals surface area contributed by atoms with Gasteiger partial charge < -0.3 is 5.73 Å². The number of hydrogen-bond donors (Lipinski definition) is 2. The molecule has 0 saturated heterocycles. The van der Waals surface area contributed by atoms with Gasteiger partial charge in [-0.3, -0.25) is 4.72 Å². The van der Waals surface area contributed by atoms with Gasteiger partial charge in [-0.25, -0.2) is 4.39 Å². The van der Waals surface area contributed by atoms with Gasteiger partial charge in [0.1, 0.15) is 10.8 Å². The van der Waals surface area contributed by atoms with Crippen LogP contribution in [0.25, 0.3) is 0 Å². The lowest BCUT2D eigenvalue weighted by atomic mass is 10.2. The Morgan fingerprint density at radius 1 is 1.47 bits per heavy atom. The second-order valence-electron chi connectivity index (χ2n) is 4.28. The van der Waals surface area contributed by atoms with Crippen LogP contribution in [0.3, 0.4) is 0 Å². The number of anilines is 1. The number of hydrogen-bond acceptors (Lipinski definition) is 3. The fourth-order valence-corrected chi connectivity index (χ4v) is 2.51. The SMILES string of the molecule is CC(C)N(C)S(=O)(=O)Nc1ccc(C(N)=S)cc1F. The zero-order valence-electron chi connectivity index (χ0n) is 10.8. The third-order valence-electron chi connectivity index (χ3n) is 2.60. The number of nitrogens with two attached hydrogens (primary N) is 1. The van der Waals surface area contributed by atoms with Crippen LogP contribution in [-0.4, -0.2) is 30.8 Å². The van der Waals surface area contributed by atoms with Crippen LogP contribution >= 0.6 is 12.2 Å². The molecule has 0 heterocycles. The summed E-state index contributed by atoms with van der Waals surface area (Å²) in [5, 5.41) is 0. The van der Waals surface area contributed by atoms with Gasteiger partial charge in [0.25, 0.3) is 0 Å². The molecule has 1 aromatic carbocycles. The molecule has 0 unspecified atom stereocenters. The van der Waals surface area contributed by atoms with E-state index in [0.717, 1.165) is 10.4 Å². The zero-order chi connectivity index (χ0) is 14.8. The summed E-state index contributed by atoms with van der Waals surface area (Å²) in [6.45, 7) is 3.43. The lowest BCUT2D eigenvalue weighted by Gasteiger charge is -2.21. The maximum absolute atomic E-state index is 13.7. The molecule has 0 aliphatic rings. The first-order valence-corrected chi connectivity index (χ1v) is 7.35. The Labute approximate surface area is 117 Å². The van der Waals surface area contributed by atoms with Gasteiger partial charge in [0.15, 0.2) is 0 Å². The topological polar surface area (TPSA) is 75.4 Å². The minimum absolute atomic E-state index is 0.0487. The summed E-state index contributed by atoms with van der Waals surface area (Å²) in [7, 11) is -2.38. The average molecular weight is 305 g/mol. The Hall–Kier alpha value is -1.25. The molecule has 3 N–H and O–H groups in total. The number of nitrogens with one attached hydrogen (secondary N) is 1. The molecular formula is C11H16FN3O2S2. The van der Waals surface area contributed by atoms with Crippen LogP contribution in [0.5, 0.6) is 0 Å². The molecule has 5 nitrogen and oxygen atoms in total. The Bertz CT molecular complexity index is 588. The van der Waals surface area contributed by atoms with E-state index in [2.05, 4.69) is 4.72 Å². The van der Waals surface area contributed by atoms with E-state index in [1.54, 1.807) is 13.8 Å². The highest BCUT2D eigenvalue weighted by molar-refractivity contribution is 7.90.